The SMILES string of the molecule is CS(=O)(=O)c1ccc(-c2cc(C#N)cc3c(O)c4n(c23)CCCN=C4)cc1. The second kappa shape index (κ2) is 6.25. The summed E-state index contributed by atoms with van der Waals surface area (Å²) in [5.41, 5.74) is 3.44. The first-order valence-electron chi connectivity index (χ1n) is 8.50. The lowest BCUT2D eigenvalue weighted by atomic mass is 10.00. The molecule has 27 heavy (non-hydrogen) atoms. The number of fused-ring (bicyclic) bond motifs is 3. The molecule has 0 unspecified atom stereocenters. The van der Waals surface area contributed by atoms with Gasteiger partial charge in [-0.15, -0.1) is 0 Å². The summed E-state index contributed by atoms with van der Waals surface area (Å²) in [5, 5.41) is 20.7. The normalized spacial score (nSPS) is 13.9. The molecule has 1 aromatic heterocycles. The molecule has 1 aliphatic rings. The Bertz CT molecular complexity index is 1230. The van der Waals surface area contributed by atoms with Crippen LogP contribution in [0.5, 0.6) is 5.75 Å². The molecule has 0 bridgehead atoms. The Morgan fingerprint density at radius 2 is 1.96 bits per heavy atom. The zero-order valence-electron chi connectivity index (χ0n) is 14.7. The van der Waals surface area contributed by atoms with E-state index in [1.165, 1.54) is 6.26 Å². The van der Waals surface area contributed by atoms with E-state index in [0.29, 0.717) is 29.7 Å². The molecule has 3 aromatic rings. The van der Waals surface area contributed by atoms with Gasteiger partial charge in [0.1, 0.15) is 11.4 Å². The second-order valence-electron chi connectivity index (χ2n) is 6.60. The molecule has 0 fully saturated rings. The van der Waals surface area contributed by atoms with Gasteiger partial charge in [-0.25, -0.2) is 8.42 Å². The Balaban J connectivity index is 2.03. The van der Waals surface area contributed by atoms with Gasteiger partial charge >= 0.3 is 0 Å². The van der Waals surface area contributed by atoms with Crippen LogP contribution in [-0.2, 0) is 16.4 Å². The minimum Gasteiger partial charge on any atom is -0.505 e. The Morgan fingerprint density at radius 1 is 1.22 bits per heavy atom. The number of rotatable bonds is 2. The lowest BCUT2D eigenvalue weighted by Gasteiger charge is -2.11. The van der Waals surface area contributed by atoms with E-state index in [1.807, 2.05) is 4.57 Å². The van der Waals surface area contributed by atoms with Crippen molar-refractivity contribution in [2.75, 3.05) is 12.8 Å². The fourth-order valence-corrected chi connectivity index (χ4v) is 4.12. The maximum atomic E-state index is 11.7. The van der Waals surface area contributed by atoms with Crippen molar-refractivity contribution in [2.45, 2.75) is 17.9 Å². The van der Waals surface area contributed by atoms with Gasteiger partial charge < -0.3 is 9.67 Å². The molecule has 0 radical (unpaired) electrons. The minimum atomic E-state index is -3.29. The van der Waals surface area contributed by atoms with E-state index in [-0.39, 0.29) is 10.6 Å². The molecule has 2 aromatic carbocycles. The van der Waals surface area contributed by atoms with Gasteiger partial charge in [-0.1, -0.05) is 12.1 Å². The Kier molecular flexibility index (Phi) is 4.01. The maximum Gasteiger partial charge on any atom is 0.175 e. The van der Waals surface area contributed by atoms with Crippen molar-refractivity contribution in [1.82, 2.24) is 4.57 Å². The van der Waals surface area contributed by atoms with E-state index in [4.69, 9.17) is 0 Å². The van der Waals surface area contributed by atoms with E-state index in [2.05, 4.69) is 11.1 Å². The molecule has 7 heteroatoms. The summed E-state index contributed by atoms with van der Waals surface area (Å²) in [5.74, 6) is 0.113. The fourth-order valence-electron chi connectivity index (χ4n) is 3.49. The standard InChI is InChI=1S/C20H17N3O3S/c1-27(25,26)15-5-3-14(4-6-15)16-9-13(11-21)10-17-19(16)23-8-2-7-22-12-18(23)20(17)24/h3-6,9-10,12,24H,2,7-8H2,1H3. The van der Waals surface area contributed by atoms with Crippen LogP contribution in [0.25, 0.3) is 22.0 Å². The van der Waals surface area contributed by atoms with Crippen molar-refractivity contribution in [3.05, 3.63) is 47.7 Å². The summed E-state index contributed by atoms with van der Waals surface area (Å²) in [6.45, 7) is 1.39. The Hall–Kier alpha value is -3.11. The summed E-state index contributed by atoms with van der Waals surface area (Å²) in [6.07, 6.45) is 3.69. The summed E-state index contributed by atoms with van der Waals surface area (Å²) in [4.78, 5) is 4.55. The van der Waals surface area contributed by atoms with Crippen LogP contribution in [0.15, 0.2) is 46.3 Å². The largest absolute Gasteiger partial charge is 0.505 e. The van der Waals surface area contributed by atoms with Gasteiger partial charge in [0.2, 0.25) is 0 Å². The number of hydrogen-bond donors (Lipinski definition) is 1. The van der Waals surface area contributed by atoms with E-state index in [9.17, 15) is 18.8 Å². The van der Waals surface area contributed by atoms with E-state index >= 15 is 0 Å². The van der Waals surface area contributed by atoms with E-state index < -0.39 is 9.84 Å². The minimum absolute atomic E-state index is 0.113. The highest BCUT2D eigenvalue weighted by molar-refractivity contribution is 7.90. The molecule has 2 heterocycles. The molecule has 0 aliphatic carbocycles. The molecule has 1 N–H and O–H groups in total. The predicted molar refractivity (Wildman–Crippen MR) is 104 cm³/mol. The van der Waals surface area contributed by atoms with Crippen LogP contribution in [0.3, 0.4) is 0 Å². The average Bonchev–Trinajstić information content (AvgIpc) is 2.81. The Labute approximate surface area is 156 Å². The summed E-state index contributed by atoms with van der Waals surface area (Å²) >= 11 is 0. The predicted octanol–water partition coefficient (Wildman–Crippen LogP) is 3.11. The number of aliphatic imine (C=N–C) groups is 1. The van der Waals surface area contributed by atoms with Gasteiger partial charge in [0.25, 0.3) is 0 Å². The molecule has 0 saturated carbocycles. The van der Waals surface area contributed by atoms with Crippen LogP contribution in [0.1, 0.15) is 17.7 Å². The average molecular weight is 379 g/mol. The third-order valence-corrected chi connectivity index (χ3v) is 5.90. The lowest BCUT2D eigenvalue weighted by molar-refractivity contribution is 0.477. The number of aromatic nitrogens is 1. The first-order valence-corrected chi connectivity index (χ1v) is 10.4. The van der Waals surface area contributed by atoms with Gasteiger partial charge in [0.05, 0.1) is 22.0 Å². The summed E-state index contributed by atoms with van der Waals surface area (Å²) in [7, 11) is -3.29. The lowest BCUT2D eigenvalue weighted by Crippen LogP contribution is -2.02. The quantitative estimate of drug-likeness (QED) is 0.740. The highest BCUT2D eigenvalue weighted by Gasteiger charge is 2.21. The maximum absolute atomic E-state index is 11.7. The molecule has 0 spiro atoms. The van der Waals surface area contributed by atoms with Crippen LogP contribution in [0.4, 0.5) is 0 Å². The zero-order chi connectivity index (χ0) is 19.2. The molecule has 0 amide bonds. The number of aryl methyl sites for hydroxylation is 1. The first kappa shape index (κ1) is 17.3. The summed E-state index contributed by atoms with van der Waals surface area (Å²) in [6, 6.07) is 12.2. The highest BCUT2D eigenvalue weighted by atomic mass is 32.2. The van der Waals surface area contributed by atoms with Crippen molar-refractivity contribution < 1.29 is 13.5 Å². The van der Waals surface area contributed by atoms with Crippen LogP contribution in [-0.4, -0.2) is 37.1 Å². The van der Waals surface area contributed by atoms with Crippen molar-refractivity contribution >= 4 is 27.0 Å². The van der Waals surface area contributed by atoms with Gasteiger partial charge in [0.15, 0.2) is 9.84 Å². The van der Waals surface area contributed by atoms with Crippen LogP contribution in [0, 0.1) is 11.3 Å². The summed E-state index contributed by atoms with van der Waals surface area (Å²) < 4.78 is 25.5. The van der Waals surface area contributed by atoms with Crippen molar-refractivity contribution in [3.8, 4) is 22.9 Å². The van der Waals surface area contributed by atoms with E-state index in [1.54, 1.807) is 42.6 Å². The molecular weight excluding hydrogens is 362 g/mol. The van der Waals surface area contributed by atoms with Gasteiger partial charge in [-0.2, -0.15) is 5.26 Å². The van der Waals surface area contributed by atoms with Crippen LogP contribution >= 0.6 is 0 Å². The second-order valence-corrected chi connectivity index (χ2v) is 8.62. The highest BCUT2D eigenvalue weighted by Crippen LogP contribution is 2.39. The van der Waals surface area contributed by atoms with E-state index in [0.717, 1.165) is 23.1 Å². The van der Waals surface area contributed by atoms with Gasteiger partial charge in [-0.05, 0) is 36.2 Å². The van der Waals surface area contributed by atoms with Crippen molar-refractivity contribution in [3.63, 3.8) is 0 Å². The first-order chi connectivity index (χ1) is 12.9. The zero-order valence-corrected chi connectivity index (χ0v) is 15.5. The number of benzene rings is 2. The molecule has 1 aliphatic heterocycles. The number of nitrogens with zero attached hydrogens (tertiary/aromatic N) is 3. The molecule has 0 saturated heterocycles. The third kappa shape index (κ3) is 2.88. The van der Waals surface area contributed by atoms with Crippen LogP contribution < -0.4 is 0 Å². The number of aromatic hydroxyl groups is 1. The number of hydrogen-bond acceptors (Lipinski definition) is 5. The number of nitriles is 1. The number of sulfone groups is 1. The fraction of sp³-hybridized carbons (Fsp3) is 0.200. The van der Waals surface area contributed by atoms with Gasteiger partial charge in [0, 0.05) is 36.5 Å². The monoisotopic (exact) mass is 379 g/mol. The molecular formula is C20H17N3O3S. The molecule has 136 valence electrons. The van der Waals surface area contributed by atoms with Gasteiger partial charge in [-0.3, -0.25) is 4.99 Å². The molecule has 0 atom stereocenters. The molecule has 6 nitrogen and oxygen atoms in total. The van der Waals surface area contributed by atoms with Crippen LogP contribution in [0.2, 0.25) is 0 Å². The van der Waals surface area contributed by atoms with Crippen molar-refractivity contribution in [1.29, 1.82) is 5.26 Å². The molecule has 4 rings (SSSR count). The topological polar surface area (TPSA) is 95.5 Å². The Morgan fingerprint density at radius 3 is 2.63 bits per heavy atom. The smallest absolute Gasteiger partial charge is 0.175 e. The third-order valence-electron chi connectivity index (χ3n) is 4.77. The van der Waals surface area contributed by atoms with Crippen molar-refractivity contribution in [2.24, 2.45) is 4.99 Å².